The number of ether oxygens (including phenoxy) is 5. The minimum atomic E-state index is -1.88. The smallest absolute Gasteiger partial charge is 0.331 e. The summed E-state index contributed by atoms with van der Waals surface area (Å²) in [7, 11) is -8.68. The maximum atomic E-state index is 14.2. The zero-order valence-electron chi connectivity index (χ0n) is 92.9. The number of nitrogens with zero attached hydrogens (tertiary/aromatic N) is 6. The molecule has 0 spiro atoms. The van der Waals surface area contributed by atoms with Crippen LogP contribution in [0, 0.1) is 59.1 Å². The van der Waals surface area contributed by atoms with E-state index in [0.717, 1.165) is 18.1 Å². The highest BCUT2D eigenvalue weighted by molar-refractivity contribution is 6.75. The largest absolute Gasteiger partial charge is 0.463 e. The number of aliphatic hydroxyl groups is 8. The van der Waals surface area contributed by atoms with Crippen molar-refractivity contribution < 1.29 is 123 Å². The molecule has 6 aromatic carbocycles. The molecule has 8 atom stereocenters. The van der Waals surface area contributed by atoms with E-state index >= 15 is 0 Å². The van der Waals surface area contributed by atoms with E-state index in [9.17, 15) is 51.3 Å². The quantitative estimate of drug-likeness (QED) is 0.00151. The molecule has 3 aliphatic rings. The Kier molecular flexibility index (Phi) is 56.4. The molecule has 826 valence electrons. The number of hydrogen-bond acceptors (Lipinski definition) is 22. The van der Waals surface area contributed by atoms with Gasteiger partial charge in [0.1, 0.15) is 69.4 Å². The van der Waals surface area contributed by atoms with Crippen LogP contribution in [0.2, 0.25) is 90.7 Å². The number of terminal acetylenes is 1. The Hall–Kier alpha value is -8.34. The van der Waals surface area contributed by atoms with Gasteiger partial charge >= 0.3 is 5.97 Å². The number of azide groups is 2. The molecule has 26 nitrogen and oxygen atoms in total. The molecule has 37 heteroatoms. The average molecular weight is 2160 g/mol. The van der Waals surface area contributed by atoms with Crippen LogP contribution in [0.15, 0.2) is 168 Å². The second-order valence-electron chi connectivity index (χ2n) is 44.1. The average Bonchev–Trinajstić information content (AvgIpc) is 1.57. The number of carbonyl (C=O) groups is 2. The van der Waals surface area contributed by atoms with Gasteiger partial charge < -0.3 is 86.7 Å². The molecule has 9 rings (SSSR count). The summed E-state index contributed by atoms with van der Waals surface area (Å²) in [6, 6.07) is 37.5. The summed E-state index contributed by atoms with van der Waals surface area (Å²) >= 11 is 0. The maximum absolute atomic E-state index is 14.2. The third kappa shape index (κ3) is 41.6. The van der Waals surface area contributed by atoms with Crippen molar-refractivity contribution in [1.29, 1.82) is 0 Å². The number of ketones is 1. The maximum Gasteiger partial charge on any atom is 0.331 e. The molecule has 0 aromatic heterocycles. The van der Waals surface area contributed by atoms with Crippen molar-refractivity contribution in [3.8, 4) is 24.2 Å². The van der Waals surface area contributed by atoms with Crippen LogP contribution >= 0.6 is 0 Å². The fourth-order valence-corrected chi connectivity index (χ4v) is 19.3. The minimum Gasteiger partial charge on any atom is -0.463 e. The van der Waals surface area contributed by atoms with Gasteiger partial charge in [0.05, 0.1) is 51.8 Å². The highest BCUT2D eigenvalue weighted by atomic mass is 28.4. The Balaban J connectivity index is 0.000000576. The Morgan fingerprint density at radius 1 is 0.493 bits per heavy atom. The fraction of sp³-hybridized carbons (Fsp3) is 0.586. The van der Waals surface area contributed by atoms with Crippen molar-refractivity contribution in [1.82, 2.24) is 0 Å². The third-order valence-corrected chi connectivity index (χ3v) is 50.8. The van der Waals surface area contributed by atoms with Crippen molar-refractivity contribution in [3.63, 3.8) is 0 Å². The first-order valence-electron chi connectivity index (χ1n) is 50.1. The SMILES string of the molecule is C#CCCO[Si](C)(C)C(C)(C)C.CC(=O)C#CCCO[Si](C)(C)C(C)(C)C.CC(C)(C)[Si](C)(C)OCC/C(=C\CO)c1ccccc1F.CC(C)(C)[Si](C)(C)OCCC1(c2ccccc2F)OC1CO.CC1(C)OC[C@@H](C(CCO)(N=[N+]=[N-])c2ccccc2F)O1.CCOC(=O)/C=C(\CCO[Si](C)(C)C(C)(C)C)c1ccccc1F.OCCC1(c2ccccc2F)OC1CO.[N-]=[N+]=NC(CCO)(c1ccccc1F)[C@@H](O)CO. The molecule has 0 amide bonds. The van der Waals surface area contributed by atoms with Gasteiger partial charge in [-0.25, -0.2) is 31.1 Å². The molecule has 0 aliphatic carbocycles. The van der Waals surface area contributed by atoms with Crippen molar-refractivity contribution in [3.05, 3.63) is 247 Å². The van der Waals surface area contributed by atoms with Crippen LogP contribution < -0.4 is 0 Å². The molecule has 3 fully saturated rings. The van der Waals surface area contributed by atoms with Gasteiger partial charge in [-0.2, -0.15) is 0 Å². The number of benzene rings is 6. The van der Waals surface area contributed by atoms with Crippen molar-refractivity contribution in [2.24, 2.45) is 10.2 Å². The van der Waals surface area contributed by atoms with Gasteiger partial charge in [0.25, 0.3) is 0 Å². The lowest BCUT2D eigenvalue weighted by atomic mass is 9.82. The Labute approximate surface area is 881 Å². The number of rotatable bonds is 40. The highest BCUT2D eigenvalue weighted by Crippen LogP contribution is 2.53. The minimum absolute atomic E-state index is 0.0438. The number of aliphatic hydroxyl groups excluding tert-OH is 8. The number of carbonyl (C=O) groups excluding carboxylic acids is 2. The monoisotopic (exact) mass is 2160 g/mol. The summed E-state index contributed by atoms with van der Waals surface area (Å²) in [6.07, 6.45) is 8.42. The van der Waals surface area contributed by atoms with Crippen LogP contribution in [-0.2, 0) is 77.7 Å². The Morgan fingerprint density at radius 3 is 1.21 bits per heavy atom. The highest BCUT2D eigenvalue weighted by Gasteiger charge is 2.60. The van der Waals surface area contributed by atoms with Crippen molar-refractivity contribution in [2.45, 2.75) is 326 Å². The van der Waals surface area contributed by atoms with E-state index in [1.54, 1.807) is 112 Å². The zero-order valence-corrected chi connectivity index (χ0v) is 97.9. The fourth-order valence-electron chi connectivity index (χ4n) is 14.0. The van der Waals surface area contributed by atoms with E-state index in [0.29, 0.717) is 105 Å². The van der Waals surface area contributed by atoms with Gasteiger partial charge in [-0.15, -0.1) is 12.3 Å². The van der Waals surface area contributed by atoms with Crippen molar-refractivity contribution >= 4 is 64.5 Å². The van der Waals surface area contributed by atoms with Gasteiger partial charge in [-0.3, -0.25) is 4.79 Å². The molecular formula is C111H170F6N6O20Si5. The predicted octanol–water partition coefficient (Wildman–Crippen LogP) is 24.4. The molecule has 148 heavy (non-hydrogen) atoms. The number of halogens is 6. The normalized spacial score (nSPS) is 18.2. The lowest BCUT2D eigenvalue weighted by Gasteiger charge is -2.36. The first-order valence-corrected chi connectivity index (χ1v) is 64.7. The zero-order chi connectivity index (χ0) is 113. The lowest BCUT2D eigenvalue weighted by Crippen LogP contribution is -2.42. The second-order valence-corrected chi connectivity index (χ2v) is 68.1. The van der Waals surface area contributed by atoms with Crippen LogP contribution in [0.5, 0.6) is 0 Å². The molecule has 0 bridgehead atoms. The third-order valence-electron chi connectivity index (χ3n) is 28.1. The molecular weight excluding hydrogens is 1990 g/mol. The van der Waals surface area contributed by atoms with E-state index in [1.807, 2.05) is 0 Å². The van der Waals surface area contributed by atoms with E-state index in [2.05, 4.69) is 207 Å². The molecule has 3 aliphatic heterocycles. The van der Waals surface area contributed by atoms with Gasteiger partial charge in [-0.05, 0) is 202 Å². The van der Waals surface area contributed by atoms with Crippen LogP contribution in [0.1, 0.15) is 216 Å². The first-order chi connectivity index (χ1) is 68.7. The Bertz CT molecular complexity index is 5350. The molecule has 0 radical (unpaired) electrons. The van der Waals surface area contributed by atoms with Gasteiger partial charge in [0, 0.05) is 135 Å². The molecule has 3 saturated heterocycles. The van der Waals surface area contributed by atoms with Gasteiger partial charge in [-0.1, -0.05) is 235 Å². The van der Waals surface area contributed by atoms with Gasteiger partial charge in [0.2, 0.25) is 5.78 Å². The number of epoxide rings is 2. The summed E-state index contributed by atoms with van der Waals surface area (Å²) < 4.78 is 141. The predicted molar refractivity (Wildman–Crippen MR) is 586 cm³/mol. The van der Waals surface area contributed by atoms with Crippen LogP contribution in [0.4, 0.5) is 26.3 Å². The summed E-state index contributed by atoms with van der Waals surface area (Å²) in [5, 5.41) is 81.9. The molecule has 0 saturated carbocycles. The number of Topliss-reactive ketones (excluding diaryl/α,β-unsaturated/α-hetero) is 1. The Morgan fingerprint density at radius 2 is 0.865 bits per heavy atom. The summed E-state index contributed by atoms with van der Waals surface area (Å²) in [5.41, 5.74) is 16.3. The van der Waals surface area contributed by atoms with Crippen LogP contribution in [0.25, 0.3) is 32.0 Å². The topological polar surface area (TPSA) is 392 Å². The van der Waals surface area contributed by atoms with Crippen LogP contribution in [0.3, 0.4) is 0 Å². The van der Waals surface area contributed by atoms with Gasteiger partial charge in [0.15, 0.2) is 47.4 Å². The molecule has 6 unspecified atom stereocenters. The van der Waals surface area contributed by atoms with Crippen molar-refractivity contribution in [2.75, 3.05) is 92.5 Å². The summed E-state index contributed by atoms with van der Waals surface area (Å²) in [5.74, 6) is 4.10. The molecule has 6 aromatic rings. The first kappa shape index (κ1) is 136. The van der Waals surface area contributed by atoms with Crippen LogP contribution in [-0.4, -0.2) is 217 Å². The van der Waals surface area contributed by atoms with E-state index in [-0.39, 0.29) is 119 Å². The molecule has 3 heterocycles. The van der Waals surface area contributed by atoms with E-state index in [1.165, 1.54) is 67.6 Å². The van der Waals surface area contributed by atoms with E-state index in [4.69, 9.17) is 88.8 Å². The number of esters is 1. The number of hydrogen-bond donors (Lipinski definition) is 8. The second kappa shape index (κ2) is 61.5. The standard InChI is InChI=1S/C19H29FO3Si.C17H27FO3Si.C17H27FO2Si.C14H18FN3O3.C12H22O2Si.C11H14FN3O3.C11H13FO3.C10H20OSi/c1-7-22-18(21)14-15(16-10-8-9-11-17(16)20)12-13-23-24(5,6)19(2,3)4;1-16(2,3)22(4,5)20-11-10-17(15(12-19)21-17)13-8-6-7-9-14(13)18;1-17(2,3)21(4,5)20-13-11-14(10-12-19)15-8-6-7-9-16(15)18;1-13(2)20-9-12(21-13)14(7-8-19,17-18-16)10-5-3-4-6-11(10)15;1-11(13)9-7-8-10-14-15(5,6)12(2,3)4;12-9-4-2-1-3-8(9)11(5-6-16,14-15-13)10(18)7-17;12-9-4-2-1-3-8(9)11(5-6-13)10(7-14)15-11;1-7-8-9-11-12(5,6)10(2,3)4/h8-11,14H,7,12-13H2,1-6H3;6-9,15,19H,10-12H2,1-5H3;6-10,19H,11-13H2,1-5H3;3-6,12,19H,7-9H2,1-2H3;8,10H2,1-6H3;1-4,10,16-18H,5-7H2;1-4,10,13-14H,5-7H2;1H,8-9H2,2-6H3/b15-14+;;14-10+;;;;;/t;;;12-,14?;;10-,11?;;/m...0.0../s1. The lowest BCUT2D eigenvalue weighted by molar-refractivity contribution is -0.148. The summed E-state index contributed by atoms with van der Waals surface area (Å²) in [4.78, 5) is 27.8. The molecule has 8 N–H and O–H groups in total. The summed E-state index contributed by atoms with van der Waals surface area (Å²) in [6.45, 7) is 63.2. The van der Waals surface area contributed by atoms with E-state index < -0.39 is 119 Å².